The maximum atomic E-state index is 10.8. The van der Waals surface area contributed by atoms with Crippen molar-refractivity contribution in [3.63, 3.8) is 0 Å². The van der Waals surface area contributed by atoms with Crippen LogP contribution in [-0.4, -0.2) is 54.0 Å². The number of amides is 1. The molecule has 0 aromatic carbocycles. The van der Waals surface area contributed by atoms with E-state index in [4.69, 9.17) is 14.6 Å². The lowest BCUT2D eigenvalue weighted by Crippen LogP contribution is -2.41. The molecule has 6 nitrogen and oxygen atoms in total. The molecule has 2 N–H and O–H groups in total. The van der Waals surface area contributed by atoms with Crippen LogP contribution < -0.4 is 5.32 Å². The smallest absolute Gasteiger partial charge is 0.327 e. The number of aliphatic carboxylic acids is 1. The molecule has 0 bridgehead atoms. The summed E-state index contributed by atoms with van der Waals surface area (Å²) in [5, 5.41) is 11.3. The molecule has 0 aromatic heterocycles. The van der Waals surface area contributed by atoms with Crippen molar-refractivity contribution in [3.8, 4) is 0 Å². The van der Waals surface area contributed by atoms with E-state index < -0.39 is 12.0 Å². The van der Waals surface area contributed by atoms with Crippen LogP contribution in [0.15, 0.2) is 0 Å². The molecular weight excluding hydrogens is 246 g/mol. The Morgan fingerprint density at radius 3 is 2.88 bits per heavy atom. The summed E-state index contributed by atoms with van der Waals surface area (Å²) in [7, 11) is 0. The van der Waals surface area contributed by atoms with E-state index in [1.165, 1.54) is 18.7 Å². The zero-order valence-corrected chi connectivity index (χ0v) is 10.5. The Morgan fingerprint density at radius 2 is 2.35 bits per heavy atom. The summed E-state index contributed by atoms with van der Waals surface area (Å²) in [5.74, 6) is -0.288. The zero-order valence-electron chi connectivity index (χ0n) is 9.68. The Labute approximate surface area is 104 Å². The SMILES string of the molecule is CC(=O)NC(CSCC1CCOCO1)C(=O)O. The van der Waals surface area contributed by atoms with Crippen molar-refractivity contribution in [2.45, 2.75) is 25.5 Å². The minimum absolute atomic E-state index is 0.112. The third-order valence-electron chi connectivity index (χ3n) is 2.24. The molecule has 2 atom stereocenters. The van der Waals surface area contributed by atoms with E-state index in [0.29, 0.717) is 24.9 Å². The highest BCUT2D eigenvalue weighted by Crippen LogP contribution is 2.13. The van der Waals surface area contributed by atoms with Gasteiger partial charge in [-0.1, -0.05) is 0 Å². The second-order valence-electron chi connectivity index (χ2n) is 3.73. The summed E-state index contributed by atoms with van der Waals surface area (Å²) < 4.78 is 10.4. The highest BCUT2D eigenvalue weighted by molar-refractivity contribution is 7.99. The number of nitrogens with one attached hydrogen (secondary N) is 1. The van der Waals surface area contributed by atoms with Crippen LogP contribution in [0.3, 0.4) is 0 Å². The molecule has 0 aromatic rings. The number of hydrogen-bond acceptors (Lipinski definition) is 5. The van der Waals surface area contributed by atoms with Crippen LogP contribution in [-0.2, 0) is 19.1 Å². The van der Waals surface area contributed by atoms with Gasteiger partial charge in [0.2, 0.25) is 5.91 Å². The Morgan fingerprint density at radius 1 is 1.59 bits per heavy atom. The van der Waals surface area contributed by atoms with Crippen molar-refractivity contribution in [2.24, 2.45) is 0 Å². The van der Waals surface area contributed by atoms with Crippen molar-refractivity contribution in [1.29, 1.82) is 0 Å². The molecule has 0 saturated carbocycles. The number of carbonyl (C=O) groups is 2. The fraction of sp³-hybridized carbons (Fsp3) is 0.800. The Kier molecular flexibility index (Phi) is 6.31. The molecule has 0 aliphatic carbocycles. The monoisotopic (exact) mass is 263 g/mol. The molecule has 1 aliphatic rings. The quantitative estimate of drug-likeness (QED) is 0.705. The molecule has 0 radical (unpaired) electrons. The number of rotatable bonds is 6. The van der Waals surface area contributed by atoms with Gasteiger partial charge in [0, 0.05) is 18.4 Å². The molecule has 1 heterocycles. The lowest BCUT2D eigenvalue weighted by Gasteiger charge is -2.23. The first-order valence-corrected chi connectivity index (χ1v) is 6.52. The molecule has 17 heavy (non-hydrogen) atoms. The van der Waals surface area contributed by atoms with Gasteiger partial charge in [0.25, 0.3) is 0 Å². The predicted molar refractivity (Wildman–Crippen MR) is 62.9 cm³/mol. The summed E-state index contributed by atoms with van der Waals surface area (Å²) in [6.45, 7) is 2.29. The number of ether oxygens (including phenoxy) is 2. The summed E-state index contributed by atoms with van der Waals surface area (Å²) in [4.78, 5) is 21.6. The van der Waals surface area contributed by atoms with Crippen LogP contribution in [0.5, 0.6) is 0 Å². The van der Waals surface area contributed by atoms with Gasteiger partial charge in [-0.3, -0.25) is 4.79 Å². The molecule has 1 rings (SSSR count). The second kappa shape index (κ2) is 7.52. The van der Waals surface area contributed by atoms with Gasteiger partial charge in [0.1, 0.15) is 12.8 Å². The average Bonchev–Trinajstić information content (AvgIpc) is 2.28. The van der Waals surface area contributed by atoms with Crippen molar-refractivity contribution >= 4 is 23.6 Å². The van der Waals surface area contributed by atoms with Crippen LogP contribution in [0, 0.1) is 0 Å². The summed E-state index contributed by atoms with van der Waals surface area (Å²) in [5.41, 5.74) is 0. The number of carboxylic acid groups (broad SMARTS) is 1. The highest BCUT2D eigenvalue weighted by atomic mass is 32.2. The third kappa shape index (κ3) is 5.90. The maximum absolute atomic E-state index is 10.8. The van der Waals surface area contributed by atoms with Gasteiger partial charge >= 0.3 is 5.97 Å². The minimum Gasteiger partial charge on any atom is -0.480 e. The summed E-state index contributed by atoms with van der Waals surface area (Å²) >= 11 is 1.46. The van der Waals surface area contributed by atoms with E-state index in [-0.39, 0.29) is 12.0 Å². The maximum Gasteiger partial charge on any atom is 0.327 e. The molecule has 2 unspecified atom stereocenters. The predicted octanol–water partition coefficient (Wildman–Crippen LogP) is 0.0719. The van der Waals surface area contributed by atoms with Crippen LogP contribution in [0.2, 0.25) is 0 Å². The first-order chi connectivity index (χ1) is 8.09. The lowest BCUT2D eigenvalue weighted by atomic mass is 10.3. The molecule has 0 spiro atoms. The van der Waals surface area contributed by atoms with Gasteiger partial charge in [0.05, 0.1) is 12.7 Å². The molecule has 1 amide bonds. The molecule has 1 fully saturated rings. The van der Waals surface area contributed by atoms with Crippen LogP contribution in [0.4, 0.5) is 0 Å². The number of carbonyl (C=O) groups excluding carboxylic acids is 1. The standard InChI is InChI=1S/C10H17NO5S/c1-7(12)11-9(10(13)14)5-17-4-8-2-3-15-6-16-8/h8-9H,2-6H2,1H3,(H,11,12)(H,13,14). The average molecular weight is 263 g/mol. The van der Waals surface area contributed by atoms with Crippen molar-refractivity contribution in [2.75, 3.05) is 24.9 Å². The molecule has 7 heteroatoms. The fourth-order valence-electron chi connectivity index (χ4n) is 1.37. The second-order valence-corrected chi connectivity index (χ2v) is 4.81. The Balaban J connectivity index is 2.21. The van der Waals surface area contributed by atoms with Crippen molar-refractivity contribution in [1.82, 2.24) is 5.32 Å². The molecular formula is C10H17NO5S. The van der Waals surface area contributed by atoms with Crippen LogP contribution in [0.1, 0.15) is 13.3 Å². The van der Waals surface area contributed by atoms with Gasteiger partial charge in [0.15, 0.2) is 0 Å². The first-order valence-electron chi connectivity index (χ1n) is 5.36. The van der Waals surface area contributed by atoms with Gasteiger partial charge < -0.3 is 19.9 Å². The zero-order chi connectivity index (χ0) is 12.7. The van der Waals surface area contributed by atoms with E-state index in [0.717, 1.165) is 6.42 Å². The van der Waals surface area contributed by atoms with Gasteiger partial charge in [-0.15, -0.1) is 0 Å². The Bertz CT molecular complexity index is 267. The summed E-state index contributed by atoms with van der Waals surface area (Å²) in [6.07, 6.45) is 0.936. The summed E-state index contributed by atoms with van der Waals surface area (Å²) in [6, 6.07) is -0.836. The van der Waals surface area contributed by atoms with E-state index in [1.54, 1.807) is 0 Å². The topological polar surface area (TPSA) is 84.9 Å². The largest absolute Gasteiger partial charge is 0.480 e. The number of thioether (sulfide) groups is 1. The third-order valence-corrected chi connectivity index (χ3v) is 3.41. The van der Waals surface area contributed by atoms with Gasteiger partial charge in [-0.2, -0.15) is 11.8 Å². The van der Waals surface area contributed by atoms with Crippen LogP contribution >= 0.6 is 11.8 Å². The molecule has 1 aliphatic heterocycles. The number of carboxylic acids is 1. The highest BCUT2D eigenvalue weighted by Gasteiger charge is 2.20. The Hall–Kier alpha value is -0.790. The lowest BCUT2D eigenvalue weighted by molar-refractivity contribution is -0.140. The molecule has 98 valence electrons. The fourth-order valence-corrected chi connectivity index (χ4v) is 2.49. The van der Waals surface area contributed by atoms with Gasteiger partial charge in [-0.25, -0.2) is 4.79 Å². The van der Waals surface area contributed by atoms with E-state index in [2.05, 4.69) is 5.32 Å². The first kappa shape index (κ1) is 14.3. The van der Waals surface area contributed by atoms with E-state index in [9.17, 15) is 9.59 Å². The molecule has 1 saturated heterocycles. The van der Waals surface area contributed by atoms with E-state index >= 15 is 0 Å². The van der Waals surface area contributed by atoms with Crippen LogP contribution in [0.25, 0.3) is 0 Å². The van der Waals surface area contributed by atoms with Crippen molar-refractivity contribution in [3.05, 3.63) is 0 Å². The minimum atomic E-state index is -1.01. The van der Waals surface area contributed by atoms with Gasteiger partial charge in [-0.05, 0) is 6.42 Å². The normalized spacial score (nSPS) is 21.8. The van der Waals surface area contributed by atoms with E-state index in [1.807, 2.05) is 0 Å². The number of hydrogen-bond donors (Lipinski definition) is 2. The van der Waals surface area contributed by atoms with Crippen molar-refractivity contribution < 1.29 is 24.2 Å².